The molecule has 2 rings (SSSR count). The average Bonchev–Trinajstić information content (AvgIpc) is 2.77. The SMILES string of the molecule is CC(O)c1csc(NC(=O)c2c(O)cccc2F)n1. The van der Waals surface area contributed by atoms with Crippen LogP contribution in [0.4, 0.5) is 9.52 Å². The molecular weight excluding hydrogens is 271 g/mol. The Morgan fingerprint density at radius 2 is 2.26 bits per heavy atom. The summed E-state index contributed by atoms with van der Waals surface area (Å²) in [7, 11) is 0. The Hall–Kier alpha value is -1.99. The fourth-order valence-electron chi connectivity index (χ4n) is 1.43. The largest absolute Gasteiger partial charge is 0.507 e. The van der Waals surface area contributed by atoms with Gasteiger partial charge in [-0.05, 0) is 19.1 Å². The molecule has 0 saturated heterocycles. The molecule has 3 N–H and O–H groups in total. The van der Waals surface area contributed by atoms with Crippen LogP contribution in [-0.2, 0) is 0 Å². The Morgan fingerprint density at radius 1 is 1.53 bits per heavy atom. The maximum absolute atomic E-state index is 13.5. The molecule has 5 nitrogen and oxygen atoms in total. The van der Waals surface area contributed by atoms with E-state index in [1.807, 2.05) is 0 Å². The number of halogens is 1. The third kappa shape index (κ3) is 2.88. The van der Waals surface area contributed by atoms with Gasteiger partial charge < -0.3 is 10.2 Å². The van der Waals surface area contributed by atoms with E-state index in [9.17, 15) is 19.4 Å². The molecule has 1 atom stereocenters. The van der Waals surface area contributed by atoms with Gasteiger partial charge in [0.25, 0.3) is 5.91 Å². The number of hydrogen-bond acceptors (Lipinski definition) is 5. The highest BCUT2D eigenvalue weighted by atomic mass is 32.1. The molecule has 0 aliphatic heterocycles. The lowest BCUT2D eigenvalue weighted by atomic mass is 10.2. The first-order valence-corrected chi connectivity index (χ1v) is 6.29. The van der Waals surface area contributed by atoms with Gasteiger partial charge in [-0.1, -0.05) is 6.07 Å². The van der Waals surface area contributed by atoms with Crippen LogP contribution >= 0.6 is 11.3 Å². The van der Waals surface area contributed by atoms with Crippen molar-refractivity contribution in [1.29, 1.82) is 0 Å². The zero-order valence-electron chi connectivity index (χ0n) is 9.92. The number of aromatic hydroxyl groups is 1. The Labute approximate surface area is 112 Å². The van der Waals surface area contributed by atoms with Gasteiger partial charge in [0, 0.05) is 5.38 Å². The summed E-state index contributed by atoms with van der Waals surface area (Å²) in [6.07, 6.45) is -0.747. The number of carbonyl (C=O) groups excluding carboxylic acids is 1. The molecule has 0 bridgehead atoms. The lowest BCUT2D eigenvalue weighted by Gasteiger charge is -2.05. The van der Waals surface area contributed by atoms with Crippen molar-refractivity contribution in [2.45, 2.75) is 13.0 Å². The number of aliphatic hydroxyl groups is 1. The summed E-state index contributed by atoms with van der Waals surface area (Å²) >= 11 is 1.11. The Morgan fingerprint density at radius 3 is 2.84 bits per heavy atom. The van der Waals surface area contributed by atoms with Gasteiger partial charge in [-0.25, -0.2) is 9.37 Å². The van der Waals surface area contributed by atoms with E-state index in [0.717, 1.165) is 17.4 Å². The number of amides is 1. The summed E-state index contributed by atoms with van der Waals surface area (Å²) in [5.74, 6) is -2.04. The van der Waals surface area contributed by atoms with Crippen molar-refractivity contribution in [3.05, 3.63) is 40.7 Å². The molecule has 1 unspecified atom stereocenters. The van der Waals surface area contributed by atoms with E-state index in [1.54, 1.807) is 12.3 Å². The quantitative estimate of drug-likeness (QED) is 0.806. The molecule has 1 heterocycles. The number of carbonyl (C=O) groups is 1. The number of thiazole rings is 1. The number of nitrogens with one attached hydrogen (secondary N) is 1. The standard InChI is InChI=1S/C12H11FN2O3S/c1-6(16)8-5-19-12(14-8)15-11(18)10-7(13)3-2-4-9(10)17/h2-6,16-17H,1H3,(H,14,15,18). The predicted octanol–water partition coefficient (Wildman–Crippen LogP) is 2.29. The number of nitrogens with zero attached hydrogens (tertiary/aromatic N) is 1. The van der Waals surface area contributed by atoms with Crippen LogP contribution in [0.25, 0.3) is 0 Å². The second kappa shape index (κ2) is 5.33. The molecular formula is C12H11FN2O3S. The van der Waals surface area contributed by atoms with Crippen LogP contribution in [0.15, 0.2) is 23.6 Å². The van der Waals surface area contributed by atoms with Crippen LogP contribution in [-0.4, -0.2) is 21.1 Å². The van der Waals surface area contributed by atoms with Gasteiger partial charge >= 0.3 is 0 Å². The number of phenolic OH excluding ortho intramolecular Hbond substituents is 1. The van der Waals surface area contributed by atoms with E-state index in [0.29, 0.717) is 5.69 Å². The summed E-state index contributed by atoms with van der Waals surface area (Å²) < 4.78 is 13.5. The Bertz CT molecular complexity index is 593. The highest BCUT2D eigenvalue weighted by Gasteiger charge is 2.18. The minimum Gasteiger partial charge on any atom is -0.507 e. The fourth-order valence-corrected chi connectivity index (χ4v) is 2.22. The monoisotopic (exact) mass is 282 g/mol. The second-order valence-electron chi connectivity index (χ2n) is 3.84. The van der Waals surface area contributed by atoms with Crippen molar-refractivity contribution in [3.63, 3.8) is 0 Å². The van der Waals surface area contributed by atoms with E-state index in [4.69, 9.17) is 0 Å². The van der Waals surface area contributed by atoms with Crippen LogP contribution < -0.4 is 5.32 Å². The zero-order chi connectivity index (χ0) is 14.0. The number of anilines is 1. The number of hydrogen-bond donors (Lipinski definition) is 3. The minimum absolute atomic E-state index is 0.226. The Kier molecular flexibility index (Phi) is 3.77. The molecule has 0 fully saturated rings. The fraction of sp³-hybridized carbons (Fsp3) is 0.167. The van der Waals surface area contributed by atoms with Gasteiger partial charge in [-0.15, -0.1) is 11.3 Å². The van der Waals surface area contributed by atoms with Crippen molar-refractivity contribution in [1.82, 2.24) is 4.98 Å². The summed E-state index contributed by atoms with van der Waals surface area (Å²) in [6.45, 7) is 1.54. The molecule has 1 aromatic heterocycles. The normalized spacial score (nSPS) is 12.2. The van der Waals surface area contributed by atoms with Crippen LogP contribution in [0.3, 0.4) is 0 Å². The van der Waals surface area contributed by atoms with Crippen LogP contribution in [0.5, 0.6) is 5.75 Å². The van der Waals surface area contributed by atoms with Crippen molar-refractivity contribution >= 4 is 22.4 Å². The van der Waals surface area contributed by atoms with Crippen molar-refractivity contribution in [3.8, 4) is 5.75 Å². The molecule has 0 aliphatic carbocycles. The molecule has 0 radical (unpaired) electrons. The maximum atomic E-state index is 13.5. The smallest absolute Gasteiger partial charge is 0.264 e. The number of phenols is 1. The van der Waals surface area contributed by atoms with Crippen LogP contribution in [0.1, 0.15) is 29.1 Å². The number of benzene rings is 1. The zero-order valence-corrected chi connectivity index (χ0v) is 10.7. The first kappa shape index (κ1) is 13.4. The van der Waals surface area contributed by atoms with Crippen LogP contribution in [0, 0.1) is 5.82 Å². The first-order valence-electron chi connectivity index (χ1n) is 5.41. The van der Waals surface area contributed by atoms with E-state index >= 15 is 0 Å². The van der Waals surface area contributed by atoms with Gasteiger partial charge in [0.1, 0.15) is 17.1 Å². The van der Waals surface area contributed by atoms with Crippen molar-refractivity contribution in [2.75, 3.05) is 5.32 Å². The molecule has 100 valence electrons. The van der Waals surface area contributed by atoms with Gasteiger partial charge in [0.05, 0.1) is 11.8 Å². The lowest BCUT2D eigenvalue weighted by Crippen LogP contribution is -2.14. The van der Waals surface area contributed by atoms with Crippen molar-refractivity contribution in [2.24, 2.45) is 0 Å². The number of aromatic nitrogens is 1. The molecule has 2 aromatic rings. The Balaban J connectivity index is 2.21. The number of rotatable bonds is 3. The second-order valence-corrected chi connectivity index (χ2v) is 4.70. The van der Waals surface area contributed by atoms with Gasteiger partial charge in [-0.3, -0.25) is 10.1 Å². The highest BCUT2D eigenvalue weighted by Crippen LogP contribution is 2.24. The topological polar surface area (TPSA) is 82.5 Å². The first-order chi connectivity index (χ1) is 8.99. The van der Waals surface area contributed by atoms with Gasteiger partial charge in [0.15, 0.2) is 5.13 Å². The molecule has 19 heavy (non-hydrogen) atoms. The van der Waals surface area contributed by atoms with Gasteiger partial charge in [-0.2, -0.15) is 0 Å². The summed E-state index contributed by atoms with van der Waals surface area (Å²) in [5, 5.41) is 23.0. The van der Waals surface area contributed by atoms with E-state index < -0.39 is 29.1 Å². The molecule has 0 saturated carbocycles. The minimum atomic E-state index is -0.815. The molecule has 7 heteroatoms. The average molecular weight is 282 g/mol. The summed E-state index contributed by atoms with van der Waals surface area (Å²) in [6, 6.07) is 3.61. The van der Waals surface area contributed by atoms with Crippen LogP contribution in [0.2, 0.25) is 0 Å². The van der Waals surface area contributed by atoms with E-state index in [2.05, 4.69) is 10.3 Å². The highest BCUT2D eigenvalue weighted by molar-refractivity contribution is 7.14. The van der Waals surface area contributed by atoms with Gasteiger partial charge in [0.2, 0.25) is 0 Å². The van der Waals surface area contributed by atoms with E-state index in [1.165, 1.54) is 12.1 Å². The maximum Gasteiger partial charge on any atom is 0.264 e. The number of aliphatic hydroxyl groups excluding tert-OH is 1. The molecule has 1 amide bonds. The molecule has 0 spiro atoms. The lowest BCUT2D eigenvalue weighted by molar-refractivity contribution is 0.102. The molecule has 0 aliphatic rings. The summed E-state index contributed by atoms with van der Waals surface area (Å²) in [5.41, 5.74) is -0.0191. The predicted molar refractivity (Wildman–Crippen MR) is 68.8 cm³/mol. The summed E-state index contributed by atoms with van der Waals surface area (Å²) in [4.78, 5) is 15.8. The third-order valence-electron chi connectivity index (χ3n) is 2.39. The third-order valence-corrected chi connectivity index (χ3v) is 3.17. The van der Waals surface area contributed by atoms with E-state index in [-0.39, 0.29) is 5.13 Å². The molecule has 1 aromatic carbocycles. The van der Waals surface area contributed by atoms with Crippen molar-refractivity contribution < 1.29 is 19.4 Å².